The Morgan fingerprint density at radius 2 is 1.79 bits per heavy atom. The first-order valence-electron chi connectivity index (χ1n) is 12.2. The van der Waals surface area contributed by atoms with E-state index in [2.05, 4.69) is 10.4 Å². The lowest BCUT2D eigenvalue weighted by molar-refractivity contribution is -0.384. The predicted molar refractivity (Wildman–Crippen MR) is 147 cm³/mol. The number of amides is 1. The van der Waals surface area contributed by atoms with Gasteiger partial charge in [0, 0.05) is 35.3 Å². The zero-order valence-corrected chi connectivity index (χ0v) is 21.5. The first-order valence-corrected chi connectivity index (χ1v) is 12.2. The van der Waals surface area contributed by atoms with Crippen molar-refractivity contribution >= 4 is 28.2 Å². The Hall–Kier alpha value is -5.25. The summed E-state index contributed by atoms with van der Waals surface area (Å²) in [6, 6.07) is 20.1. The third-order valence-corrected chi connectivity index (χ3v) is 6.30. The van der Waals surface area contributed by atoms with E-state index in [1.165, 1.54) is 25.3 Å². The summed E-state index contributed by atoms with van der Waals surface area (Å²) in [5.74, 6) is 0.573. The monoisotopic (exact) mass is 523 g/mol. The van der Waals surface area contributed by atoms with Crippen LogP contribution in [0, 0.1) is 17.0 Å². The fourth-order valence-electron chi connectivity index (χ4n) is 4.37. The molecule has 39 heavy (non-hydrogen) atoms. The van der Waals surface area contributed by atoms with Crippen molar-refractivity contribution in [3.63, 3.8) is 0 Å². The Morgan fingerprint density at radius 3 is 2.51 bits per heavy atom. The van der Waals surface area contributed by atoms with E-state index in [0.717, 1.165) is 11.3 Å². The van der Waals surface area contributed by atoms with Crippen molar-refractivity contribution in [2.75, 3.05) is 12.4 Å². The molecule has 10 nitrogen and oxygen atoms in total. The smallest absolute Gasteiger partial charge is 0.275 e. The molecule has 0 radical (unpaired) electrons. The number of aryl methyl sites for hydroxylation is 1. The number of methoxy groups -OCH3 is 1. The molecule has 196 valence electrons. The van der Waals surface area contributed by atoms with E-state index in [1.54, 1.807) is 36.5 Å². The lowest BCUT2D eigenvalue weighted by atomic mass is 10.0. The number of ether oxygens (including phenoxy) is 2. The van der Waals surface area contributed by atoms with Gasteiger partial charge in [0.2, 0.25) is 0 Å². The molecule has 2 aromatic heterocycles. The number of rotatable bonds is 8. The molecule has 0 aliphatic rings. The van der Waals surface area contributed by atoms with Gasteiger partial charge >= 0.3 is 0 Å². The second-order valence-corrected chi connectivity index (χ2v) is 8.71. The van der Waals surface area contributed by atoms with Crippen molar-refractivity contribution in [1.29, 1.82) is 0 Å². The number of nitro groups is 1. The number of anilines is 1. The minimum Gasteiger partial charge on any atom is -0.493 e. The number of hydrogen-bond acceptors (Lipinski definition) is 7. The van der Waals surface area contributed by atoms with Crippen LogP contribution < -0.4 is 14.8 Å². The van der Waals surface area contributed by atoms with Gasteiger partial charge in [-0.05, 0) is 38.1 Å². The number of para-hydroxylation sites is 3. The fraction of sp³-hybridized carbons (Fsp3) is 0.138. The highest BCUT2D eigenvalue weighted by atomic mass is 16.6. The van der Waals surface area contributed by atoms with Crippen molar-refractivity contribution in [3.8, 4) is 28.5 Å². The molecule has 0 fully saturated rings. The van der Waals surface area contributed by atoms with Gasteiger partial charge in [-0.2, -0.15) is 5.10 Å². The molecule has 0 aliphatic carbocycles. The maximum absolute atomic E-state index is 13.6. The first-order chi connectivity index (χ1) is 18.9. The highest BCUT2D eigenvalue weighted by molar-refractivity contribution is 6.13. The molecule has 0 saturated heterocycles. The number of pyridine rings is 1. The maximum atomic E-state index is 13.6. The number of hydrogen-bond donors (Lipinski definition) is 1. The van der Waals surface area contributed by atoms with Crippen LogP contribution in [-0.4, -0.2) is 32.7 Å². The van der Waals surface area contributed by atoms with E-state index in [-0.39, 0.29) is 17.1 Å². The number of non-ortho nitro benzene ring substituents is 1. The molecule has 0 aliphatic heterocycles. The Labute approximate surface area is 224 Å². The van der Waals surface area contributed by atoms with E-state index in [9.17, 15) is 14.9 Å². The first kappa shape index (κ1) is 25.4. The number of nitrogens with zero attached hydrogens (tertiary/aromatic N) is 4. The van der Waals surface area contributed by atoms with Crippen LogP contribution in [0.2, 0.25) is 0 Å². The van der Waals surface area contributed by atoms with Crippen LogP contribution in [0.15, 0.2) is 79.0 Å². The van der Waals surface area contributed by atoms with Gasteiger partial charge < -0.3 is 14.8 Å². The van der Waals surface area contributed by atoms with Crippen molar-refractivity contribution in [1.82, 2.24) is 14.8 Å². The largest absolute Gasteiger partial charge is 0.493 e. The minimum atomic E-state index is -0.543. The van der Waals surface area contributed by atoms with E-state index in [4.69, 9.17) is 14.5 Å². The molecule has 0 atom stereocenters. The molecule has 1 N–H and O–H groups in total. The molecule has 2 heterocycles. The van der Waals surface area contributed by atoms with Crippen molar-refractivity contribution in [2.45, 2.75) is 20.4 Å². The summed E-state index contributed by atoms with van der Waals surface area (Å²) < 4.78 is 13.1. The number of nitrogens with one attached hydrogen (secondary N) is 1. The molecule has 0 spiro atoms. The topological polar surface area (TPSA) is 121 Å². The number of carbonyl (C=O) groups is 1. The van der Waals surface area contributed by atoms with Crippen molar-refractivity contribution in [2.24, 2.45) is 0 Å². The molecule has 0 bridgehead atoms. The standard InChI is InChI=1S/C29H25N5O5/c1-4-33-18(2)24(17-30-33)26-16-23(22-9-5-6-10-25(22)32-26)29(35)31-19-13-20(34(36)37)15-21(14-19)39-28-12-8-7-11-27(28)38-3/h5-17H,4H2,1-3H3,(H,31,35). The lowest BCUT2D eigenvalue weighted by Crippen LogP contribution is -2.13. The van der Waals surface area contributed by atoms with Crippen LogP contribution in [0.25, 0.3) is 22.2 Å². The lowest BCUT2D eigenvalue weighted by Gasteiger charge is -2.13. The highest BCUT2D eigenvalue weighted by Gasteiger charge is 2.19. The van der Waals surface area contributed by atoms with Gasteiger partial charge in [0.1, 0.15) is 5.75 Å². The summed E-state index contributed by atoms with van der Waals surface area (Å²) in [5.41, 5.74) is 3.34. The van der Waals surface area contributed by atoms with Gasteiger partial charge in [0.05, 0.1) is 46.8 Å². The van der Waals surface area contributed by atoms with Gasteiger partial charge in [-0.25, -0.2) is 4.98 Å². The number of nitro benzene ring substituents is 1. The normalized spacial score (nSPS) is 10.8. The number of benzene rings is 3. The summed E-state index contributed by atoms with van der Waals surface area (Å²) in [6.07, 6.45) is 1.74. The molecule has 3 aromatic carbocycles. The van der Waals surface area contributed by atoms with Crippen LogP contribution in [0.5, 0.6) is 17.2 Å². The van der Waals surface area contributed by atoms with E-state index >= 15 is 0 Å². The van der Waals surface area contributed by atoms with E-state index < -0.39 is 10.8 Å². The Balaban J connectivity index is 1.54. The van der Waals surface area contributed by atoms with Crippen molar-refractivity contribution in [3.05, 3.63) is 100 Å². The summed E-state index contributed by atoms with van der Waals surface area (Å²) >= 11 is 0. The van der Waals surface area contributed by atoms with Gasteiger partial charge in [-0.1, -0.05) is 30.3 Å². The third kappa shape index (κ3) is 5.12. The molecular formula is C29H25N5O5. The SMILES string of the molecule is CCn1ncc(-c2cc(C(=O)Nc3cc(Oc4ccccc4OC)cc([N+](=O)[O-])c3)c3ccccc3n2)c1C. The Bertz CT molecular complexity index is 1710. The minimum absolute atomic E-state index is 0.173. The van der Waals surface area contributed by atoms with Crippen LogP contribution >= 0.6 is 0 Å². The second kappa shape index (κ2) is 10.6. The molecular weight excluding hydrogens is 498 g/mol. The Morgan fingerprint density at radius 1 is 1.05 bits per heavy atom. The van der Waals surface area contributed by atoms with Gasteiger partial charge in [0.15, 0.2) is 11.5 Å². The van der Waals surface area contributed by atoms with E-state index in [0.29, 0.717) is 40.2 Å². The van der Waals surface area contributed by atoms with Crippen LogP contribution in [-0.2, 0) is 6.54 Å². The average Bonchev–Trinajstić information content (AvgIpc) is 3.32. The summed E-state index contributed by atoms with van der Waals surface area (Å²) in [4.78, 5) is 29.5. The summed E-state index contributed by atoms with van der Waals surface area (Å²) in [6.45, 7) is 4.66. The zero-order chi connectivity index (χ0) is 27.5. The Kier molecular flexibility index (Phi) is 6.92. The van der Waals surface area contributed by atoms with Crippen LogP contribution in [0.3, 0.4) is 0 Å². The van der Waals surface area contributed by atoms with Crippen LogP contribution in [0.1, 0.15) is 23.0 Å². The molecule has 5 rings (SSSR count). The molecule has 10 heteroatoms. The van der Waals surface area contributed by atoms with Crippen molar-refractivity contribution < 1.29 is 19.2 Å². The molecule has 5 aromatic rings. The van der Waals surface area contributed by atoms with Gasteiger partial charge in [-0.15, -0.1) is 0 Å². The van der Waals surface area contributed by atoms with E-state index in [1.807, 2.05) is 42.8 Å². The highest BCUT2D eigenvalue weighted by Crippen LogP contribution is 2.35. The van der Waals surface area contributed by atoms with Crippen LogP contribution in [0.4, 0.5) is 11.4 Å². The predicted octanol–water partition coefficient (Wildman–Crippen LogP) is 6.39. The van der Waals surface area contributed by atoms with Gasteiger partial charge in [-0.3, -0.25) is 19.6 Å². The summed E-state index contributed by atoms with van der Waals surface area (Å²) in [5, 5.41) is 19.5. The quantitative estimate of drug-likeness (QED) is 0.185. The molecule has 0 unspecified atom stereocenters. The summed E-state index contributed by atoms with van der Waals surface area (Å²) in [7, 11) is 1.50. The number of fused-ring (bicyclic) bond motifs is 1. The fourth-order valence-corrected chi connectivity index (χ4v) is 4.37. The number of carbonyl (C=O) groups excluding carboxylic acids is 1. The average molecular weight is 524 g/mol. The molecule has 1 amide bonds. The second-order valence-electron chi connectivity index (χ2n) is 8.71. The molecule has 0 saturated carbocycles. The third-order valence-electron chi connectivity index (χ3n) is 6.30. The zero-order valence-electron chi connectivity index (χ0n) is 21.5. The van der Waals surface area contributed by atoms with Gasteiger partial charge in [0.25, 0.3) is 11.6 Å². The maximum Gasteiger partial charge on any atom is 0.275 e. The number of aromatic nitrogens is 3.